The van der Waals surface area contributed by atoms with Crippen LogP contribution in [-0.2, 0) is 16.2 Å². The summed E-state index contributed by atoms with van der Waals surface area (Å²) in [5.74, 6) is 0. The summed E-state index contributed by atoms with van der Waals surface area (Å²) in [6.07, 6.45) is 9.19. The third-order valence-electron chi connectivity index (χ3n) is 17.8. The zero-order valence-corrected chi connectivity index (χ0v) is 47.3. The van der Waals surface area contributed by atoms with Crippen molar-refractivity contribution in [3.05, 3.63) is 284 Å². The third-order valence-corrected chi connectivity index (χ3v) is 17.8. The van der Waals surface area contributed by atoms with Crippen molar-refractivity contribution in [3.63, 3.8) is 0 Å². The molecule has 13 rings (SSSR count). The van der Waals surface area contributed by atoms with Crippen molar-refractivity contribution in [2.24, 2.45) is 0 Å². The summed E-state index contributed by atoms with van der Waals surface area (Å²) in [6.45, 7) is 23.0. The van der Waals surface area contributed by atoms with E-state index in [1.54, 1.807) is 0 Å². The van der Waals surface area contributed by atoms with Gasteiger partial charge in [0.05, 0.1) is 0 Å². The molecule has 0 saturated carbocycles. The Balaban J connectivity index is 0.733. The molecule has 0 spiro atoms. The van der Waals surface area contributed by atoms with Gasteiger partial charge in [-0.3, -0.25) is 0 Å². The summed E-state index contributed by atoms with van der Waals surface area (Å²) in [4.78, 5) is 4.82. The molecule has 0 atom stereocenters. The fourth-order valence-electron chi connectivity index (χ4n) is 13.2. The minimum atomic E-state index is -0.170. The van der Waals surface area contributed by atoms with Crippen LogP contribution in [0.3, 0.4) is 0 Å². The molecular formula is C77H68N2. The molecular weight excluding hydrogens is 953 g/mol. The van der Waals surface area contributed by atoms with Crippen molar-refractivity contribution >= 4 is 58.4 Å². The predicted molar refractivity (Wildman–Crippen MR) is 338 cm³/mol. The first-order chi connectivity index (χ1) is 38.0. The van der Waals surface area contributed by atoms with Crippen LogP contribution in [0.1, 0.15) is 119 Å². The molecule has 2 heteroatoms. The number of para-hydroxylation sites is 2. The molecule has 79 heavy (non-hydrogen) atoms. The summed E-state index contributed by atoms with van der Waals surface area (Å²) in [6, 6.07) is 77.5. The van der Waals surface area contributed by atoms with Crippen LogP contribution in [-0.4, -0.2) is 0 Å². The number of rotatable bonds is 10. The Morgan fingerprint density at radius 2 is 0.519 bits per heavy atom. The Morgan fingerprint density at radius 1 is 0.266 bits per heavy atom. The van der Waals surface area contributed by atoms with Gasteiger partial charge in [-0.15, -0.1) is 0 Å². The van der Waals surface area contributed by atoms with Crippen LogP contribution in [0.2, 0.25) is 0 Å². The maximum absolute atomic E-state index is 2.43. The number of benzene rings is 10. The lowest BCUT2D eigenvalue weighted by Crippen LogP contribution is -2.17. The van der Waals surface area contributed by atoms with E-state index in [1.807, 2.05) is 0 Å². The number of anilines is 6. The first-order valence-corrected chi connectivity index (χ1v) is 28.1. The van der Waals surface area contributed by atoms with E-state index in [4.69, 9.17) is 0 Å². The van der Waals surface area contributed by atoms with Crippen molar-refractivity contribution < 1.29 is 0 Å². The Hall–Kier alpha value is -8.72. The average molecular weight is 1020 g/mol. The lowest BCUT2D eigenvalue weighted by Gasteiger charge is -2.29. The largest absolute Gasteiger partial charge is 0.310 e. The highest BCUT2D eigenvalue weighted by Gasteiger charge is 2.39. The summed E-state index contributed by atoms with van der Waals surface area (Å²) in [5, 5.41) is 0. The maximum atomic E-state index is 2.43. The molecule has 0 amide bonds. The quantitative estimate of drug-likeness (QED) is 0.126. The Kier molecular flexibility index (Phi) is 11.8. The molecule has 0 heterocycles. The number of nitrogens with zero attached hydrogens (tertiary/aromatic N) is 2. The SMILES string of the molecule is Cc1ccc(N(c2ccc3c(c2)C(C)(C)c2cc(/C=C/c4ccc5c(c4)C(C)(C)c4cc(/C=C/c6ccc7c(c6)C(C)(C)c6cc(N(c8ccc(C)cc8)c8ccccc8C)ccc6-7)ccc4-5)ccc2-3)c2ccccc2C)cc1. The summed E-state index contributed by atoms with van der Waals surface area (Å²) >= 11 is 0. The fourth-order valence-corrected chi connectivity index (χ4v) is 13.2. The van der Waals surface area contributed by atoms with E-state index in [9.17, 15) is 0 Å². The van der Waals surface area contributed by atoms with Crippen molar-refractivity contribution in [2.75, 3.05) is 9.80 Å². The summed E-state index contributed by atoms with van der Waals surface area (Å²) in [7, 11) is 0. The number of fused-ring (bicyclic) bond motifs is 9. The van der Waals surface area contributed by atoms with Gasteiger partial charge in [0.1, 0.15) is 0 Å². The number of hydrogen-bond donors (Lipinski definition) is 0. The highest BCUT2D eigenvalue weighted by Crippen LogP contribution is 2.54. The van der Waals surface area contributed by atoms with Gasteiger partial charge in [0.2, 0.25) is 0 Å². The molecule has 2 nitrogen and oxygen atoms in total. The normalized spacial score (nSPS) is 14.7. The molecule has 0 saturated heterocycles. The van der Waals surface area contributed by atoms with Gasteiger partial charge < -0.3 is 9.80 Å². The van der Waals surface area contributed by atoms with Crippen molar-refractivity contribution in [3.8, 4) is 33.4 Å². The van der Waals surface area contributed by atoms with E-state index in [2.05, 4.69) is 310 Å². The van der Waals surface area contributed by atoms with Crippen LogP contribution in [0.15, 0.2) is 206 Å². The molecule has 0 aliphatic heterocycles. The molecule has 0 radical (unpaired) electrons. The molecule has 0 aromatic heterocycles. The van der Waals surface area contributed by atoms with Crippen LogP contribution in [0.25, 0.3) is 57.7 Å². The van der Waals surface area contributed by atoms with Crippen molar-refractivity contribution in [1.82, 2.24) is 0 Å². The maximum Gasteiger partial charge on any atom is 0.0490 e. The van der Waals surface area contributed by atoms with Gasteiger partial charge in [0.25, 0.3) is 0 Å². The Bertz CT molecular complexity index is 3870. The highest BCUT2D eigenvalue weighted by atomic mass is 15.1. The van der Waals surface area contributed by atoms with E-state index in [-0.39, 0.29) is 16.2 Å². The molecule has 3 aliphatic rings. The number of aryl methyl sites for hydroxylation is 4. The van der Waals surface area contributed by atoms with Gasteiger partial charge in [-0.25, -0.2) is 0 Å². The first-order valence-electron chi connectivity index (χ1n) is 28.1. The second-order valence-electron chi connectivity index (χ2n) is 24.1. The Morgan fingerprint density at radius 3 is 0.810 bits per heavy atom. The van der Waals surface area contributed by atoms with Crippen LogP contribution in [0.4, 0.5) is 34.1 Å². The molecule has 0 unspecified atom stereocenters. The monoisotopic (exact) mass is 1020 g/mol. The van der Waals surface area contributed by atoms with Gasteiger partial charge in [-0.05, 0) is 189 Å². The lowest BCUT2D eigenvalue weighted by atomic mass is 9.81. The molecule has 0 N–H and O–H groups in total. The van der Waals surface area contributed by atoms with E-state index in [1.165, 1.54) is 134 Å². The molecule has 10 aromatic carbocycles. The molecule has 3 aliphatic carbocycles. The topological polar surface area (TPSA) is 6.48 Å². The van der Waals surface area contributed by atoms with E-state index < -0.39 is 0 Å². The van der Waals surface area contributed by atoms with Gasteiger partial charge in [-0.1, -0.05) is 223 Å². The summed E-state index contributed by atoms with van der Waals surface area (Å²) < 4.78 is 0. The molecule has 0 fully saturated rings. The van der Waals surface area contributed by atoms with Gasteiger partial charge in [0.15, 0.2) is 0 Å². The molecule has 10 aromatic rings. The minimum absolute atomic E-state index is 0.148. The second kappa shape index (κ2) is 18.7. The van der Waals surface area contributed by atoms with Crippen LogP contribution in [0, 0.1) is 27.7 Å². The molecule has 386 valence electrons. The van der Waals surface area contributed by atoms with Gasteiger partial charge >= 0.3 is 0 Å². The fraction of sp³-hybridized carbons (Fsp3) is 0.169. The van der Waals surface area contributed by atoms with E-state index >= 15 is 0 Å². The zero-order valence-electron chi connectivity index (χ0n) is 47.3. The van der Waals surface area contributed by atoms with Crippen LogP contribution in [0.5, 0.6) is 0 Å². The van der Waals surface area contributed by atoms with E-state index in [0.29, 0.717) is 0 Å². The second-order valence-corrected chi connectivity index (χ2v) is 24.1. The van der Waals surface area contributed by atoms with Crippen molar-refractivity contribution in [2.45, 2.75) is 85.5 Å². The minimum Gasteiger partial charge on any atom is -0.310 e. The highest BCUT2D eigenvalue weighted by molar-refractivity contribution is 5.90. The Labute approximate surface area is 468 Å². The molecule has 0 bridgehead atoms. The average Bonchev–Trinajstić information content (AvgIpc) is 4.10. The zero-order chi connectivity index (χ0) is 54.5. The third kappa shape index (κ3) is 8.39. The van der Waals surface area contributed by atoms with Gasteiger partial charge in [0, 0.05) is 50.4 Å². The van der Waals surface area contributed by atoms with Crippen LogP contribution < -0.4 is 9.80 Å². The van der Waals surface area contributed by atoms with Crippen molar-refractivity contribution in [1.29, 1.82) is 0 Å². The lowest BCUT2D eigenvalue weighted by molar-refractivity contribution is 0.660. The summed E-state index contributed by atoms with van der Waals surface area (Å²) in [5.41, 5.74) is 32.6. The van der Waals surface area contributed by atoms with Crippen LogP contribution >= 0.6 is 0 Å². The van der Waals surface area contributed by atoms with E-state index in [0.717, 1.165) is 11.4 Å². The standard InChI is InChI=1S/C77H68N2/c1-49-19-31-57(32-20-49)78(73-17-13-11-15-51(73)3)59-35-41-65-63-39-29-55(45-69(63)76(7,8)71(65)47-59)25-23-53-27-37-61-62-38-28-54(44-68(62)75(5,6)67(61)43-53)24-26-56-30-40-64-66-42-36-60(48-72(66)77(9,10)70(64)46-56)79(58-33-21-50(2)22-34-58)74-18-14-12-16-52(74)4/h11-48H,1-10H3/b25-23+,26-24+. The number of hydrogen-bond acceptors (Lipinski definition) is 2. The predicted octanol–water partition coefficient (Wildman–Crippen LogP) is 21.1. The smallest absolute Gasteiger partial charge is 0.0490 e. The first kappa shape index (κ1) is 49.8. The van der Waals surface area contributed by atoms with Gasteiger partial charge in [-0.2, -0.15) is 0 Å².